The van der Waals surface area contributed by atoms with Gasteiger partial charge in [0.25, 0.3) is 0 Å². The summed E-state index contributed by atoms with van der Waals surface area (Å²) in [5.74, 6) is 0.771. The number of carbonyl (C=O) groups is 1. The number of halogens is 1. The van der Waals surface area contributed by atoms with E-state index in [4.69, 9.17) is 5.73 Å². The van der Waals surface area contributed by atoms with Crippen LogP contribution in [-0.2, 0) is 4.79 Å². The molecule has 0 aliphatic rings. The zero-order valence-corrected chi connectivity index (χ0v) is 10.7. The van der Waals surface area contributed by atoms with Crippen LogP contribution >= 0.6 is 15.9 Å². The van der Waals surface area contributed by atoms with E-state index < -0.39 is 0 Å². The molecule has 1 unspecified atom stereocenters. The monoisotopic (exact) mass is 286 g/mol. The number of nitrogens with zero attached hydrogens (tertiary/aromatic N) is 2. The summed E-state index contributed by atoms with van der Waals surface area (Å²) in [5, 5.41) is 2.67. The quantitative estimate of drug-likeness (QED) is 0.861. The fraction of sp³-hybridized carbons (Fsp3) is 0.500. The SMILES string of the molecule is CC(CN)CCC(=O)Nc1cnc(Br)cn1. The first-order chi connectivity index (χ1) is 7.61. The lowest BCUT2D eigenvalue weighted by Gasteiger charge is -2.07. The van der Waals surface area contributed by atoms with E-state index in [0.29, 0.717) is 29.3 Å². The van der Waals surface area contributed by atoms with E-state index in [-0.39, 0.29) is 5.91 Å². The number of nitrogens with one attached hydrogen (secondary N) is 1. The standard InChI is InChI=1S/C10H15BrN4O/c1-7(4-12)2-3-10(16)15-9-6-13-8(11)5-14-9/h5-7H,2-4,12H2,1H3,(H,14,15,16). The van der Waals surface area contributed by atoms with Gasteiger partial charge in [0.05, 0.1) is 12.4 Å². The van der Waals surface area contributed by atoms with Crippen LogP contribution in [0.5, 0.6) is 0 Å². The molecule has 0 saturated heterocycles. The number of carbonyl (C=O) groups excluding carboxylic acids is 1. The fourth-order valence-electron chi connectivity index (χ4n) is 1.08. The molecule has 16 heavy (non-hydrogen) atoms. The highest BCUT2D eigenvalue weighted by atomic mass is 79.9. The van der Waals surface area contributed by atoms with Gasteiger partial charge in [-0.15, -0.1) is 0 Å². The summed E-state index contributed by atoms with van der Waals surface area (Å²) < 4.78 is 0.641. The second kappa shape index (κ2) is 6.55. The highest BCUT2D eigenvalue weighted by Crippen LogP contribution is 2.08. The van der Waals surface area contributed by atoms with Crippen molar-refractivity contribution in [2.75, 3.05) is 11.9 Å². The lowest BCUT2D eigenvalue weighted by molar-refractivity contribution is -0.116. The van der Waals surface area contributed by atoms with Crippen molar-refractivity contribution in [1.29, 1.82) is 0 Å². The Bertz CT molecular complexity index is 341. The van der Waals surface area contributed by atoms with Crippen molar-refractivity contribution in [2.45, 2.75) is 19.8 Å². The molecule has 1 amide bonds. The van der Waals surface area contributed by atoms with Crippen molar-refractivity contribution in [1.82, 2.24) is 9.97 Å². The molecule has 1 rings (SSSR count). The zero-order valence-electron chi connectivity index (χ0n) is 9.11. The minimum atomic E-state index is -0.0584. The number of amides is 1. The zero-order chi connectivity index (χ0) is 12.0. The summed E-state index contributed by atoms with van der Waals surface area (Å²) in [5.41, 5.74) is 5.47. The molecule has 6 heteroatoms. The maximum absolute atomic E-state index is 11.5. The average molecular weight is 287 g/mol. The van der Waals surface area contributed by atoms with E-state index in [1.807, 2.05) is 6.92 Å². The molecule has 0 radical (unpaired) electrons. The number of hydrogen-bond donors (Lipinski definition) is 2. The molecule has 0 spiro atoms. The molecule has 1 aromatic rings. The molecule has 1 atom stereocenters. The number of hydrogen-bond acceptors (Lipinski definition) is 4. The predicted molar refractivity (Wildman–Crippen MR) is 65.8 cm³/mol. The van der Waals surface area contributed by atoms with Gasteiger partial charge in [-0.1, -0.05) is 6.92 Å². The van der Waals surface area contributed by atoms with E-state index in [1.165, 1.54) is 12.4 Å². The van der Waals surface area contributed by atoms with Crippen LogP contribution in [0.2, 0.25) is 0 Å². The summed E-state index contributed by atoms with van der Waals surface area (Å²) in [6, 6.07) is 0. The molecule has 3 N–H and O–H groups in total. The third-order valence-electron chi connectivity index (χ3n) is 2.15. The molecule has 5 nitrogen and oxygen atoms in total. The Morgan fingerprint density at radius 2 is 2.31 bits per heavy atom. The van der Waals surface area contributed by atoms with E-state index in [1.54, 1.807) is 0 Å². The first-order valence-corrected chi connectivity index (χ1v) is 5.88. The second-order valence-electron chi connectivity index (χ2n) is 3.65. The number of rotatable bonds is 5. The lowest BCUT2D eigenvalue weighted by Crippen LogP contribution is -2.16. The normalized spacial score (nSPS) is 12.2. The lowest BCUT2D eigenvalue weighted by atomic mass is 10.1. The first kappa shape index (κ1) is 13.1. The van der Waals surface area contributed by atoms with Gasteiger partial charge in [0, 0.05) is 6.42 Å². The maximum Gasteiger partial charge on any atom is 0.225 e. The molecule has 1 aromatic heterocycles. The summed E-state index contributed by atoms with van der Waals surface area (Å²) in [4.78, 5) is 19.4. The van der Waals surface area contributed by atoms with Crippen LogP contribution in [0, 0.1) is 5.92 Å². The van der Waals surface area contributed by atoms with Gasteiger partial charge in [-0.25, -0.2) is 9.97 Å². The third-order valence-corrected chi connectivity index (χ3v) is 2.56. The van der Waals surface area contributed by atoms with Crippen LogP contribution in [0.4, 0.5) is 5.82 Å². The van der Waals surface area contributed by atoms with Crippen LogP contribution in [0.3, 0.4) is 0 Å². The molecule has 88 valence electrons. The Kier molecular flexibility index (Phi) is 5.34. The highest BCUT2D eigenvalue weighted by molar-refractivity contribution is 9.10. The molecule has 1 heterocycles. The van der Waals surface area contributed by atoms with Gasteiger partial charge in [0.1, 0.15) is 4.60 Å². The Morgan fingerprint density at radius 3 is 2.88 bits per heavy atom. The van der Waals surface area contributed by atoms with E-state index in [2.05, 4.69) is 31.2 Å². The van der Waals surface area contributed by atoms with E-state index in [0.717, 1.165) is 6.42 Å². The molecule has 0 aliphatic carbocycles. The summed E-state index contributed by atoms with van der Waals surface area (Å²) in [7, 11) is 0. The van der Waals surface area contributed by atoms with Crippen LogP contribution in [-0.4, -0.2) is 22.4 Å². The average Bonchev–Trinajstić information content (AvgIpc) is 2.29. The molecule has 0 bridgehead atoms. The fourth-order valence-corrected chi connectivity index (χ4v) is 1.28. The number of anilines is 1. The van der Waals surface area contributed by atoms with Crippen LogP contribution < -0.4 is 11.1 Å². The summed E-state index contributed by atoms with van der Waals surface area (Å²) in [6.45, 7) is 2.62. The first-order valence-electron chi connectivity index (χ1n) is 5.09. The van der Waals surface area contributed by atoms with E-state index in [9.17, 15) is 4.79 Å². The Balaban J connectivity index is 2.37. The summed E-state index contributed by atoms with van der Waals surface area (Å²) in [6.07, 6.45) is 4.29. The molecular weight excluding hydrogens is 272 g/mol. The van der Waals surface area contributed by atoms with Gasteiger partial charge in [-0.2, -0.15) is 0 Å². The number of nitrogens with two attached hydrogens (primary N) is 1. The molecule has 0 aromatic carbocycles. The Hall–Kier alpha value is -1.01. The van der Waals surface area contributed by atoms with Crippen molar-refractivity contribution in [2.24, 2.45) is 11.7 Å². The van der Waals surface area contributed by atoms with E-state index >= 15 is 0 Å². The van der Waals surface area contributed by atoms with Crippen LogP contribution in [0.15, 0.2) is 17.0 Å². The summed E-state index contributed by atoms with van der Waals surface area (Å²) >= 11 is 3.17. The topological polar surface area (TPSA) is 80.9 Å². The Labute approximate surface area is 103 Å². The Morgan fingerprint density at radius 1 is 1.56 bits per heavy atom. The van der Waals surface area contributed by atoms with Gasteiger partial charge in [0.15, 0.2) is 5.82 Å². The largest absolute Gasteiger partial charge is 0.330 e. The van der Waals surface area contributed by atoms with Crippen molar-refractivity contribution in [3.8, 4) is 0 Å². The van der Waals surface area contributed by atoms with Crippen LogP contribution in [0.25, 0.3) is 0 Å². The molecular formula is C10H15BrN4O. The van der Waals surface area contributed by atoms with Gasteiger partial charge in [-0.3, -0.25) is 4.79 Å². The molecule has 0 fully saturated rings. The van der Waals surface area contributed by atoms with Crippen molar-refractivity contribution >= 4 is 27.7 Å². The highest BCUT2D eigenvalue weighted by Gasteiger charge is 2.06. The van der Waals surface area contributed by atoms with Gasteiger partial charge < -0.3 is 11.1 Å². The van der Waals surface area contributed by atoms with Crippen molar-refractivity contribution in [3.05, 3.63) is 17.0 Å². The van der Waals surface area contributed by atoms with Crippen molar-refractivity contribution < 1.29 is 4.79 Å². The van der Waals surface area contributed by atoms with Gasteiger partial charge >= 0.3 is 0 Å². The smallest absolute Gasteiger partial charge is 0.225 e. The van der Waals surface area contributed by atoms with Crippen molar-refractivity contribution in [3.63, 3.8) is 0 Å². The minimum Gasteiger partial charge on any atom is -0.330 e. The minimum absolute atomic E-state index is 0.0584. The van der Waals surface area contributed by atoms with Crippen LogP contribution in [0.1, 0.15) is 19.8 Å². The van der Waals surface area contributed by atoms with Gasteiger partial charge in [0.2, 0.25) is 5.91 Å². The predicted octanol–water partition coefficient (Wildman–Crippen LogP) is 1.55. The molecule has 0 saturated carbocycles. The maximum atomic E-state index is 11.5. The number of aromatic nitrogens is 2. The second-order valence-corrected chi connectivity index (χ2v) is 4.46. The molecule has 0 aliphatic heterocycles. The van der Waals surface area contributed by atoms with Gasteiger partial charge in [-0.05, 0) is 34.8 Å². The third kappa shape index (κ3) is 4.67.